The molecule has 3 rings (SSSR count). The molecule has 1 fully saturated rings. The highest BCUT2D eigenvalue weighted by Gasteiger charge is 2.15. The third-order valence-electron chi connectivity index (χ3n) is 4.07. The van der Waals surface area contributed by atoms with Gasteiger partial charge in [-0.1, -0.05) is 11.6 Å². The van der Waals surface area contributed by atoms with Gasteiger partial charge in [-0.25, -0.2) is 0 Å². The average molecular weight is 378 g/mol. The van der Waals surface area contributed by atoms with Crippen molar-refractivity contribution in [1.82, 2.24) is 0 Å². The molecule has 0 spiro atoms. The molecular formula is C18H20ClN3O2S. The minimum absolute atomic E-state index is 0.164. The Hall–Kier alpha value is -1.92. The molecule has 25 heavy (non-hydrogen) atoms. The summed E-state index contributed by atoms with van der Waals surface area (Å²) in [6, 6.07) is 10.7. The van der Waals surface area contributed by atoms with Gasteiger partial charge >= 0.3 is 0 Å². The summed E-state index contributed by atoms with van der Waals surface area (Å²) < 4.78 is 0.752. The lowest BCUT2D eigenvalue weighted by molar-refractivity contribution is -0.645. The van der Waals surface area contributed by atoms with Gasteiger partial charge < -0.3 is 15.4 Å². The van der Waals surface area contributed by atoms with E-state index >= 15 is 0 Å². The van der Waals surface area contributed by atoms with Crippen LogP contribution < -0.4 is 14.9 Å². The van der Waals surface area contributed by atoms with Crippen LogP contribution in [0.4, 0.5) is 11.4 Å². The maximum atomic E-state index is 12.1. The van der Waals surface area contributed by atoms with Crippen molar-refractivity contribution < 1.29 is 9.52 Å². The van der Waals surface area contributed by atoms with E-state index < -0.39 is 0 Å². The van der Waals surface area contributed by atoms with Crippen LogP contribution >= 0.6 is 23.4 Å². The van der Waals surface area contributed by atoms with Gasteiger partial charge in [0, 0.05) is 30.9 Å². The maximum Gasteiger partial charge on any atom is 0.251 e. The third kappa shape index (κ3) is 4.80. The van der Waals surface area contributed by atoms with E-state index in [0.29, 0.717) is 15.7 Å². The lowest BCUT2D eigenvalue weighted by Gasteiger charge is -2.29. The number of amides is 1. The maximum absolute atomic E-state index is 12.1. The lowest BCUT2D eigenvalue weighted by Crippen LogP contribution is -2.29. The van der Waals surface area contributed by atoms with Crippen molar-refractivity contribution in [2.45, 2.75) is 24.3 Å². The van der Waals surface area contributed by atoms with Crippen LogP contribution in [0, 0.1) is 5.21 Å². The van der Waals surface area contributed by atoms with Gasteiger partial charge in [0.1, 0.15) is 0 Å². The van der Waals surface area contributed by atoms with Crippen LogP contribution in [-0.4, -0.2) is 24.7 Å². The molecule has 0 saturated carbocycles. The molecule has 0 atom stereocenters. The number of pyridine rings is 1. The van der Waals surface area contributed by atoms with Crippen molar-refractivity contribution in [1.29, 1.82) is 0 Å². The number of carbonyl (C=O) groups is 1. The van der Waals surface area contributed by atoms with E-state index in [1.165, 1.54) is 37.2 Å². The van der Waals surface area contributed by atoms with Crippen LogP contribution in [0.2, 0.25) is 5.02 Å². The first-order valence-corrected chi connectivity index (χ1v) is 9.65. The van der Waals surface area contributed by atoms with Gasteiger partial charge in [0.15, 0.2) is 6.20 Å². The fourth-order valence-electron chi connectivity index (χ4n) is 2.84. The Morgan fingerprint density at radius 3 is 2.76 bits per heavy atom. The number of hydrogen-bond donors (Lipinski definition) is 1. The zero-order valence-corrected chi connectivity index (χ0v) is 15.4. The Bertz CT molecular complexity index is 751. The number of hydrogen-bond acceptors (Lipinski definition) is 4. The predicted molar refractivity (Wildman–Crippen MR) is 102 cm³/mol. The zero-order valence-electron chi connectivity index (χ0n) is 13.8. The summed E-state index contributed by atoms with van der Waals surface area (Å²) in [6.07, 6.45) is 5.06. The number of anilines is 2. The van der Waals surface area contributed by atoms with Crippen LogP contribution in [0.15, 0.2) is 47.6 Å². The van der Waals surface area contributed by atoms with Crippen LogP contribution in [-0.2, 0) is 4.79 Å². The normalized spacial score (nSPS) is 14.4. The largest absolute Gasteiger partial charge is 0.618 e. The van der Waals surface area contributed by atoms with Crippen LogP contribution in [0.5, 0.6) is 0 Å². The Labute approximate surface area is 156 Å². The molecule has 7 heteroatoms. The molecule has 2 aromatic rings. The number of nitrogens with one attached hydrogen (secondary N) is 1. The molecule has 1 N–H and O–H groups in total. The number of nitrogens with zero attached hydrogens (tertiary/aromatic N) is 2. The Balaban J connectivity index is 1.58. The highest BCUT2D eigenvalue weighted by molar-refractivity contribution is 7.99. The molecule has 1 aliphatic heterocycles. The standard InChI is InChI=1S/C18H20ClN3O2S/c19-15-12-14(7-8-16(15)21-9-3-1-4-10-21)20-17(23)13-25-18-6-2-5-11-22(18)24/h2,5-8,11-12H,1,3-4,9-10,13H2,(H,20,23). The monoisotopic (exact) mass is 377 g/mol. The Kier molecular flexibility index (Phi) is 6.04. The number of benzene rings is 1. The molecule has 0 aliphatic carbocycles. The molecule has 5 nitrogen and oxygen atoms in total. The van der Waals surface area contributed by atoms with Crippen molar-refractivity contribution in [2.75, 3.05) is 29.1 Å². The van der Waals surface area contributed by atoms with Crippen molar-refractivity contribution >= 4 is 40.6 Å². The summed E-state index contributed by atoms with van der Waals surface area (Å²) in [4.78, 5) is 14.4. The molecule has 1 aromatic heterocycles. The molecule has 1 amide bonds. The Morgan fingerprint density at radius 2 is 2.04 bits per heavy atom. The second kappa shape index (κ2) is 8.45. The summed E-state index contributed by atoms with van der Waals surface area (Å²) in [5, 5.41) is 15.5. The van der Waals surface area contributed by atoms with Crippen LogP contribution in [0.25, 0.3) is 0 Å². The first-order valence-electron chi connectivity index (χ1n) is 8.29. The number of aromatic nitrogens is 1. The van der Waals surface area contributed by atoms with E-state index in [4.69, 9.17) is 11.6 Å². The van der Waals surface area contributed by atoms with E-state index in [1.54, 1.807) is 24.3 Å². The van der Waals surface area contributed by atoms with Crippen LogP contribution in [0.1, 0.15) is 19.3 Å². The van der Waals surface area contributed by atoms with Crippen molar-refractivity contribution in [2.24, 2.45) is 0 Å². The number of rotatable bonds is 5. The van der Waals surface area contributed by atoms with E-state index in [1.807, 2.05) is 12.1 Å². The molecule has 132 valence electrons. The van der Waals surface area contributed by atoms with Gasteiger partial charge in [0.05, 0.1) is 16.5 Å². The molecule has 2 heterocycles. The zero-order chi connectivity index (χ0) is 17.6. The predicted octanol–water partition coefficient (Wildman–Crippen LogP) is 3.69. The van der Waals surface area contributed by atoms with E-state index in [9.17, 15) is 10.0 Å². The molecule has 1 aromatic carbocycles. The summed E-state index contributed by atoms with van der Waals surface area (Å²) in [6.45, 7) is 2.04. The summed E-state index contributed by atoms with van der Waals surface area (Å²) in [5.41, 5.74) is 1.69. The highest BCUT2D eigenvalue weighted by Crippen LogP contribution is 2.30. The fraction of sp³-hybridized carbons (Fsp3) is 0.333. The van der Waals surface area contributed by atoms with Crippen molar-refractivity contribution in [3.8, 4) is 0 Å². The van der Waals surface area contributed by atoms with Gasteiger partial charge in [-0.2, -0.15) is 4.73 Å². The quantitative estimate of drug-likeness (QED) is 0.490. The molecule has 0 bridgehead atoms. The topological polar surface area (TPSA) is 59.3 Å². The van der Waals surface area contributed by atoms with Gasteiger partial charge in [0.25, 0.3) is 5.03 Å². The third-order valence-corrected chi connectivity index (χ3v) is 5.39. The minimum atomic E-state index is -0.171. The highest BCUT2D eigenvalue weighted by atomic mass is 35.5. The van der Waals surface area contributed by atoms with Gasteiger partial charge in [-0.15, -0.1) is 0 Å². The number of halogens is 1. The SMILES string of the molecule is O=C(CSc1cccc[n+]1[O-])Nc1ccc(N2CCCCC2)c(Cl)c1. The summed E-state index contributed by atoms with van der Waals surface area (Å²) >= 11 is 7.60. The average Bonchev–Trinajstić information content (AvgIpc) is 2.62. The smallest absolute Gasteiger partial charge is 0.251 e. The number of carbonyl (C=O) groups excluding carboxylic acids is 1. The number of piperidine rings is 1. The molecule has 0 radical (unpaired) electrons. The molecule has 1 aliphatic rings. The van der Waals surface area contributed by atoms with Crippen molar-refractivity contribution in [3.63, 3.8) is 0 Å². The summed E-state index contributed by atoms with van der Waals surface area (Å²) in [7, 11) is 0. The molecule has 0 unspecified atom stereocenters. The summed E-state index contributed by atoms with van der Waals surface area (Å²) in [5.74, 6) is -0.00627. The Morgan fingerprint density at radius 1 is 1.24 bits per heavy atom. The molecule has 1 saturated heterocycles. The van der Waals surface area contributed by atoms with E-state index in [-0.39, 0.29) is 11.7 Å². The second-order valence-electron chi connectivity index (χ2n) is 5.92. The lowest BCUT2D eigenvalue weighted by atomic mass is 10.1. The van der Waals surface area contributed by atoms with Gasteiger partial charge in [-0.05, 0) is 55.3 Å². The van der Waals surface area contributed by atoms with E-state index in [2.05, 4.69) is 10.2 Å². The fourth-order valence-corrected chi connectivity index (χ4v) is 3.85. The first kappa shape index (κ1) is 17.9. The van der Waals surface area contributed by atoms with Gasteiger partial charge in [0.2, 0.25) is 5.91 Å². The first-order chi connectivity index (χ1) is 12.1. The van der Waals surface area contributed by atoms with E-state index in [0.717, 1.165) is 23.5 Å². The van der Waals surface area contributed by atoms with Crippen LogP contribution in [0.3, 0.4) is 0 Å². The van der Waals surface area contributed by atoms with Crippen molar-refractivity contribution in [3.05, 3.63) is 52.8 Å². The second-order valence-corrected chi connectivity index (χ2v) is 7.32. The number of thioether (sulfide) groups is 1. The molecular weight excluding hydrogens is 358 g/mol. The van der Waals surface area contributed by atoms with Gasteiger partial charge in [-0.3, -0.25) is 4.79 Å². The minimum Gasteiger partial charge on any atom is -0.618 e.